The zero-order valence-electron chi connectivity index (χ0n) is 8.90. The SMILES string of the molecule is O=C(O)c1ccnc(-c2ccccn2)c1.[Cl][Ru][Cl]. The van der Waals surface area contributed by atoms with Crippen molar-refractivity contribution in [3.63, 3.8) is 0 Å². The molecule has 0 saturated carbocycles. The molecule has 96 valence electrons. The topological polar surface area (TPSA) is 63.1 Å². The Bertz CT molecular complexity index is 511. The fourth-order valence-corrected chi connectivity index (χ4v) is 1.22. The molecule has 0 aliphatic rings. The van der Waals surface area contributed by atoms with Crippen LogP contribution in [0.15, 0.2) is 42.7 Å². The molecule has 0 amide bonds. The predicted octanol–water partition coefficient (Wildman–Crippen LogP) is 3.22. The Morgan fingerprint density at radius 2 is 1.78 bits per heavy atom. The molecule has 2 heterocycles. The van der Waals surface area contributed by atoms with Gasteiger partial charge in [0, 0.05) is 12.4 Å². The monoisotopic (exact) mass is 372 g/mol. The zero-order chi connectivity index (χ0) is 13.4. The number of halogens is 2. The number of aromatic nitrogens is 2. The second-order valence-electron chi connectivity index (χ2n) is 3.00. The molecule has 2 aromatic rings. The average Bonchev–Trinajstić information content (AvgIpc) is 2.41. The summed E-state index contributed by atoms with van der Waals surface area (Å²) in [6.45, 7) is 0. The molecule has 4 nitrogen and oxygen atoms in total. The van der Waals surface area contributed by atoms with Gasteiger partial charge in [-0.3, -0.25) is 9.97 Å². The summed E-state index contributed by atoms with van der Waals surface area (Å²) in [7, 11) is 9.71. The maximum absolute atomic E-state index is 10.7. The number of rotatable bonds is 2. The van der Waals surface area contributed by atoms with Gasteiger partial charge in [-0.05, 0) is 24.3 Å². The first-order valence-corrected chi connectivity index (χ1v) is 9.12. The van der Waals surface area contributed by atoms with E-state index in [0.29, 0.717) is 11.4 Å². The second-order valence-corrected chi connectivity index (χ2v) is 5.64. The number of carboxylic acids is 1. The number of hydrogen-bond donors (Lipinski definition) is 1. The van der Waals surface area contributed by atoms with E-state index in [4.69, 9.17) is 24.5 Å². The van der Waals surface area contributed by atoms with Crippen LogP contribution in [0.25, 0.3) is 11.4 Å². The molecule has 2 aromatic heterocycles. The molecule has 1 N–H and O–H groups in total. The summed E-state index contributed by atoms with van der Waals surface area (Å²) in [5, 5.41) is 8.81. The predicted molar refractivity (Wildman–Crippen MR) is 66.1 cm³/mol. The number of carboxylic acid groups (broad SMARTS) is 1. The standard InChI is InChI=1S/C11H8N2O2.2ClH.Ru/c14-11(15)8-4-6-13-10(7-8)9-3-1-2-5-12-9;;;/h1-7H,(H,14,15);2*1H;/q;;;+2/p-2. The van der Waals surface area contributed by atoms with Crippen molar-refractivity contribution in [3.05, 3.63) is 48.3 Å². The Morgan fingerprint density at radius 1 is 1.11 bits per heavy atom. The van der Waals surface area contributed by atoms with E-state index in [0.717, 1.165) is 0 Å². The fourth-order valence-electron chi connectivity index (χ4n) is 1.22. The summed E-state index contributed by atoms with van der Waals surface area (Å²) in [6, 6.07) is 8.37. The molecule has 0 bridgehead atoms. The molecule has 18 heavy (non-hydrogen) atoms. The molecule has 0 radical (unpaired) electrons. The zero-order valence-corrected chi connectivity index (χ0v) is 12.2. The van der Waals surface area contributed by atoms with E-state index in [1.54, 1.807) is 18.3 Å². The van der Waals surface area contributed by atoms with Gasteiger partial charge < -0.3 is 5.11 Å². The summed E-state index contributed by atoms with van der Waals surface area (Å²) in [5.41, 5.74) is 1.45. The maximum atomic E-state index is 10.7. The summed E-state index contributed by atoms with van der Waals surface area (Å²) < 4.78 is 0. The molecular formula is C11H8Cl2N2O2Ru. The van der Waals surface area contributed by atoms with Crippen molar-refractivity contribution in [1.29, 1.82) is 0 Å². The van der Waals surface area contributed by atoms with Crippen molar-refractivity contribution in [2.45, 2.75) is 0 Å². The Balaban J connectivity index is 0.000000492. The second kappa shape index (κ2) is 8.14. The molecule has 0 unspecified atom stereocenters. The van der Waals surface area contributed by atoms with Gasteiger partial charge in [-0.1, -0.05) is 6.07 Å². The van der Waals surface area contributed by atoms with Crippen LogP contribution in [0.4, 0.5) is 0 Å². The van der Waals surface area contributed by atoms with Crippen LogP contribution >= 0.6 is 19.4 Å². The van der Waals surface area contributed by atoms with Gasteiger partial charge in [0.15, 0.2) is 0 Å². The Labute approximate surface area is 120 Å². The molecule has 0 aromatic carbocycles. The van der Waals surface area contributed by atoms with Crippen LogP contribution in [-0.2, 0) is 15.1 Å². The summed E-state index contributed by atoms with van der Waals surface area (Å²) in [5.74, 6) is -0.963. The summed E-state index contributed by atoms with van der Waals surface area (Å²) >= 11 is -0.346. The van der Waals surface area contributed by atoms with Crippen molar-refractivity contribution in [1.82, 2.24) is 9.97 Å². The molecule has 2 rings (SSSR count). The molecule has 0 fully saturated rings. The van der Waals surface area contributed by atoms with Crippen molar-refractivity contribution in [3.8, 4) is 11.4 Å². The molecule has 0 aliphatic carbocycles. The van der Waals surface area contributed by atoms with Crippen LogP contribution in [0.5, 0.6) is 0 Å². The summed E-state index contributed by atoms with van der Waals surface area (Å²) in [6.07, 6.45) is 3.11. The van der Waals surface area contributed by atoms with Gasteiger partial charge in [-0.25, -0.2) is 4.79 Å². The first-order valence-electron chi connectivity index (χ1n) is 4.65. The Kier molecular flexibility index (Phi) is 6.80. The van der Waals surface area contributed by atoms with E-state index < -0.39 is 5.97 Å². The third-order valence-electron chi connectivity index (χ3n) is 1.93. The number of carbonyl (C=O) groups is 1. The number of aromatic carboxylic acids is 1. The van der Waals surface area contributed by atoms with Crippen LogP contribution in [0.2, 0.25) is 0 Å². The van der Waals surface area contributed by atoms with Crippen LogP contribution in [0, 0.1) is 0 Å². The van der Waals surface area contributed by atoms with Crippen molar-refractivity contribution < 1.29 is 25.0 Å². The number of pyridine rings is 2. The van der Waals surface area contributed by atoms with Gasteiger partial charge in [0.2, 0.25) is 0 Å². The number of hydrogen-bond acceptors (Lipinski definition) is 3. The van der Waals surface area contributed by atoms with Crippen LogP contribution in [0.1, 0.15) is 10.4 Å². The first-order chi connectivity index (χ1) is 8.69. The van der Waals surface area contributed by atoms with E-state index >= 15 is 0 Å². The van der Waals surface area contributed by atoms with Gasteiger partial charge >= 0.3 is 40.5 Å². The molecule has 0 saturated heterocycles. The third-order valence-corrected chi connectivity index (χ3v) is 1.93. The quantitative estimate of drug-likeness (QED) is 0.823. The van der Waals surface area contributed by atoms with Crippen LogP contribution in [-0.4, -0.2) is 21.0 Å². The first kappa shape index (κ1) is 15.0. The minimum absolute atomic E-state index is 0.214. The van der Waals surface area contributed by atoms with Crippen molar-refractivity contribution >= 4 is 25.4 Å². The Hall–Kier alpha value is -1.03. The van der Waals surface area contributed by atoms with Gasteiger partial charge in [-0.15, -0.1) is 0 Å². The van der Waals surface area contributed by atoms with E-state index in [2.05, 4.69) is 9.97 Å². The molecule has 0 aliphatic heterocycles. The van der Waals surface area contributed by atoms with E-state index in [1.807, 2.05) is 6.07 Å². The van der Waals surface area contributed by atoms with E-state index in [1.165, 1.54) is 18.3 Å². The van der Waals surface area contributed by atoms with Gasteiger partial charge in [0.25, 0.3) is 0 Å². The molecule has 0 spiro atoms. The number of nitrogens with zero attached hydrogens (tertiary/aromatic N) is 2. The van der Waals surface area contributed by atoms with E-state index in [9.17, 15) is 4.79 Å². The Morgan fingerprint density at radius 3 is 2.33 bits per heavy atom. The fraction of sp³-hybridized carbons (Fsp3) is 0. The average molecular weight is 372 g/mol. The van der Waals surface area contributed by atoms with Crippen molar-refractivity contribution in [2.75, 3.05) is 0 Å². The molecule has 0 atom stereocenters. The van der Waals surface area contributed by atoms with Gasteiger partial charge in [0.05, 0.1) is 17.0 Å². The summed E-state index contributed by atoms with van der Waals surface area (Å²) in [4.78, 5) is 18.9. The molecule has 7 heteroatoms. The molecular weight excluding hydrogens is 364 g/mol. The van der Waals surface area contributed by atoms with Crippen LogP contribution < -0.4 is 0 Å². The van der Waals surface area contributed by atoms with Crippen molar-refractivity contribution in [2.24, 2.45) is 0 Å². The van der Waals surface area contributed by atoms with E-state index in [-0.39, 0.29) is 20.7 Å². The minimum atomic E-state index is -0.963. The third kappa shape index (κ3) is 4.69. The van der Waals surface area contributed by atoms with Crippen LogP contribution in [0.3, 0.4) is 0 Å². The normalized spacial score (nSPS) is 9.44. The van der Waals surface area contributed by atoms with Gasteiger partial charge in [0.1, 0.15) is 0 Å². The van der Waals surface area contributed by atoms with Gasteiger partial charge in [-0.2, -0.15) is 0 Å².